The molecule has 0 aliphatic heterocycles. The van der Waals surface area contributed by atoms with E-state index in [1.165, 1.54) is 25.5 Å². The normalized spacial score (nSPS) is 17.1. The second-order valence-corrected chi connectivity index (χ2v) is 3.48. The quantitative estimate of drug-likeness (QED) is 0.762. The Morgan fingerprint density at radius 3 is 2.92 bits per heavy atom. The second-order valence-electron chi connectivity index (χ2n) is 3.48. The van der Waals surface area contributed by atoms with Crippen LogP contribution in [0.15, 0.2) is 10.7 Å². The SMILES string of the molecule is CN(c1nc(CO)co1)C1CCC1. The van der Waals surface area contributed by atoms with Crippen LogP contribution in [0.1, 0.15) is 25.0 Å². The van der Waals surface area contributed by atoms with Crippen molar-refractivity contribution in [3.8, 4) is 0 Å². The van der Waals surface area contributed by atoms with Gasteiger partial charge in [0.1, 0.15) is 12.0 Å². The molecule has 72 valence electrons. The third-order valence-corrected chi connectivity index (χ3v) is 2.63. The van der Waals surface area contributed by atoms with Crippen LogP contribution in [0, 0.1) is 0 Å². The molecule has 0 saturated heterocycles. The Morgan fingerprint density at radius 1 is 1.69 bits per heavy atom. The van der Waals surface area contributed by atoms with Gasteiger partial charge in [0.25, 0.3) is 6.01 Å². The molecule has 4 heteroatoms. The molecule has 0 aromatic carbocycles. The molecule has 1 aliphatic rings. The first-order chi connectivity index (χ1) is 6.31. The van der Waals surface area contributed by atoms with Crippen LogP contribution in [-0.2, 0) is 6.61 Å². The van der Waals surface area contributed by atoms with E-state index < -0.39 is 0 Å². The van der Waals surface area contributed by atoms with Gasteiger partial charge in [0, 0.05) is 13.1 Å². The van der Waals surface area contributed by atoms with Crippen LogP contribution in [-0.4, -0.2) is 23.2 Å². The van der Waals surface area contributed by atoms with Gasteiger partial charge in [-0.05, 0) is 19.3 Å². The average Bonchev–Trinajstić information content (AvgIpc) is 2.48. The van der Waals surface area contributed by atoms with Crippen LogP contribution < -0.4 is 4.90 Å². The Bertz CT molecular complexity index is 281. The van der Waals surface area contributed by atoms with Crippen LogP contribution in [0.5, 0.6) is 0 Å². The van der Waals surface area contributed by atoms with E-state index >= 15 is 0 Å². The van der Waals surface area contributed by atoms with Crippen LogP contribution >= 0.6 is 0 Å². The molecular weight excluding hydrogens is 168 g/mol. The zero-order valence-electron chi connectivity index (χ0n) is 7.73. The van der Waals surface area contributed by atoms with E-state index in [4.69, 9.17) is 9.52 Å². The number of oxazole rings is 1. The van der Waals surface area contributed by atoms with E-state index in [0.29, 0.717) is 17.8 Å². The summed E-state index contributed by atoms with van der Waals surface area (Å²) >= 11 is 0. The maximum absolute atomic E-state index is 8.80. The maximum atomic E-state index is 8.80. The highest BCUT2D eigenvalue weighted by Crippen LogP contribution is 2.27. The third-order valence-electron chi connectivity index (χ3n) is 2.63. The highest BCUT2D eigenvalue weighted by molar-refractivity contribution is 5.28. The predicted octanol–water partition coefficient (Wildman–Crippen LogP) is 1.16. The summed E-state index contributed by atoms with van der Waals surface area (Å²) in [4.78, 5) is 6.19. The summed E-state index contributed by atoms with van der Waals surface area (Å²) in [5.74, 6) is 0. The molecule has 0 atom stereocenters. The smallest absolute Gasteiger partial charge is 0.297 e. The molecule has 0 radical (unpaired) electrons. The third kappa shape index (κ3) is 1.54. The molecule has 0 unspecified atom stereocenters. The molecule has 1 N–H and O–H groups in total. The molecule has 4 nitrogen and oxygen atoms in total. The highest BCUT2D eigenvalue weighted by atomic mass is 16.4. The van der Waals surface area contributed by atoms with E-state index in [1.54, 1.807) is 0 Å². The molecule has 0 spiro atoms. The van der Waals surface area contributed by atoms with Crippen molar-refractivity contribution >= 4 is 6.01 Å². The number of anilines is 1. The van der Waals surface area contributed by atoms with Gasteiger partial charge >= 0.3 is 0 Å². The Morgan fingerprint density at radius 2 is 2.46 bits per heavy atom. The minimum absolute atomic E-state index is 0.0536. The first-order valence-electron chi connectivity index (χ1n) is 4.59. The Hall–Kier alpha value is -1.03. The maximum Gasteiger partial charge on any atom is 0.297 e. The second kappa shape index (κ2) is 3.38. The van der Waals surface area contributed by atoms with Crippen LogP contribution in [0.2, 0.25) is 0 Å². The van der Waals surface area contributed by atoms with E-state index in [9.17, 15) is 0 Å². The number of rotatable bonds is 3. The van der Waals surface area contributed by atoms with Crippen molar-refractivity contribution in [1.29, 1.82) is 0 Å². The predicted molar refractivity (Wildman–Crippen MR) is 48.5 cm³/mol. The van der Waals surface area contributed by atoms with Gasteiger partial charge in [-0.3, -0.25) is 0 Å². The van der Waals surface area contributed by atoms with E-state index in [1.807, 2.05) is 11.9 Å². The standard InChI is InChI=1S/C9H14N2O2/c1-11(8-3-2-4-8)9-10-7(5-12)6-13-9/h6,8,12H,2-5H2,1H3. The van der Waals surface area contributed by atoms with Gasteiger partial charge in [-0.2, -0.15) is 4.98 Å². The zero-order valence-corrected chi connectivity index (χ0v) is 7.73. The zero-order chi connectivity index (χ0) is 9.26. The first kappa shape index (κ1) is 8.56. The molecule has 1 saturated carbocycles. The topological polar surface area (TPSA) is 49.5 Å². The van der Waals surface area contributed by atoms with Crippen molar-refractivity contribution in [2.24, 2.45) is 0 Å². The largest absolute Gasteiger partial charge is 0.432 e. The molecule has 1 aromatic rings. The van der Waals surface area contributed by atoms with Gasteiger partial charge in [-0.25, -0.2) is 0 Å². The molecule has 1 aliphatic carbocycles. The number of hydrogen-bond donors (Lipinski definition) is 1. The molecule has 1 fully saturated rings. The number of aliphatic hydroxyl groups is 1. The summed E-state index contributed by atoms with van der Waals surface area (Å²) in [5, 5.41) is 8.80. The summed E-state index contributed by atoms with van der Waals surface area (Å²) in [5.41, 5.74) is 0.598. The van der Waals surface area contributed by atoms with E-state index in [0.717, 1.165) is 0 Å². The van der Waals surface area contributed by atoms with Crippen molar-refractivity contribution in [3.63, 3.8) is 0 Å². The van der Waals surface area contributed by atoms with Gasteiger partial charge in [0.15, 0.2) is 0 Å². The first-order valence-corrected chi connectivity index (χ1v) is 4.59. The Balaban J connectivity index is 2.05. The summed E-state index contributed by atoms with van der Waals surface area (Å²) in [6.45, 7) is -0.0536. The average molecular weight is 182 g/mol. The van der Waals surface area contributed by atoms with E-state index in [-0.39, 0.29) is 6.61 Å². The van der Waals surface area contributed by atoms with Crippen LogP contribution in [0.3, 0.4) is 0 Å². The number of nitrogens with zero attached hydrogens (tertiary/aromatic N) is 2. The molecule has 1 aromatic heterocycles. The highest BCUT2D eigenvalue weighted by Gasteiger charge is 2.24. The molecule has 0 amide bonds. The Kier molecular flexibility index (Phi) is 2.22. The molecular formula is C9H14N2O2. The van der Waals surface area contributed by atoms with Gasteiger partial charge in [-0.1, -0.05) is 0 Å². The fraction of sp³-hybridized carbons (Fsp3) is 0.667. The number of aliphatic hydroxyl groups excluding tert-OH is 1. The Labute approximate surface area is 77.2 Å². The van der Waals surface area contributed by atoms with Crippen molar-refractivity contribution in [3.05, 3.63) is 12.0 Å². The van der Waals surface area contributed by atoms with Crippen molar-refractivity contribution in [2.45, 2.75) is 31.9 Å². The van der Waals surface area contributed by atoms with Gasteiger partial charge in [-0.15, -0.1) is 0 Å². The van der Waals surface area contributed by atoms with Crippen LogP contribution in [0.25, 0.3) is 0 Å². The van der Waals surface area contributed by atoms with Gasteiger partial charge < -0.3 is 14.4 Å². The lowest BCUT2D eigenvalue weighted by Gasteiger charge is -2.33. The lowest BCUT2D eigenvalue weighted by Crippen LogP contribution is -2.37. The monoisotopic (exact) mass is 182 g/mol. The van der Waals surface area contributed by atoms with E-state index in [2.05, 4.69) is 4.98 Å². The lowest BCUT2D eigenvalue weighted by molar-refractivity contribution is 0.276. The lowest BCUT2D eigenvalue weighted by atomic mass is 9.92. The fourth-order valence-corrected chi connectivity index (χ4v) is 1.46. The number of hydrogen-bond acceptors (Lipinski definition) is 4. The van der Waals surface area contributed by atoms with Gasteiger partial charge in [0.2, 0.25) is 0 Å². The van der Waals surface area contributed by atoms with Crippen molar-refractivity contribution in [1.82, 2.24) is 4.98 Å². The van der Waals surface area contributed by atoms with Crippen molar-refractivity contribution in [2.75, 3.05) is 11.9 Å². The van der Waals surface area contributed by atoms with Crippen LogP contribution in [0.4, 0.5) is 6.01 Å². The molecule has 0 bridgehead atoms. The molecule has 2 rings (SSSR count). The minimum Gasteiger partial charge on any atom is -0.432 e. The summed E-state index contributed by atoms with van der Waals surface area (Å²) in [6, 6.07) is 1.19. The summed E-state index contributed by atoms with van der Waals surface area (Å²) in [6.07, 6.45) is 5.23. The molecule has 13 heavy (non-hydrogen) atoms. The van der Waals surface area contributed by atoms with Gasteiger partial charge in [0.05, 0.1) is 6.61 Å². The minimum atomic E-state index is -0.0536. The molecule has 1 heterocycles. The fourth-order valence-electron chi connectivity index (χ4n) is 1.46. The van der Waals surface area contributed by atoms with Crippen molar-refractivity contribution < 1.29 is 9.52 Å². The summed E-state index contributed by atoms with van der Waals surface area (Å²) in [7, 11) is 1.98. The number of aromatic nitrogens is 1. The summed E-state index contributed by atoms with van der Waals surface area (Å²) < 4.78 is 5.23.